The molecule has 13 aromatic rings. The average Bonchev–Trinajstić information content (AvgIpc) is 4.01. The first kappa shape index (κ1) is 40.4. The van der Waals surface area contributed by atoms with Crippen molar-refractivity contribution in [2.75, 3.05) is 4.90 Å². The minimum atomic E-state index is -0.233. The maximum Gasteiger partial charge on any atom is 0.235 e. The van der Waals surface area contributed by atoms with Gasteiger partial charge >= 0.3 is 0 Å². The van der Waals surface area contributed by atoms with E-state index in [9.17, 15) is 0 Å². The molecule has 0 unspecified atom stereocenters. The Hall–Kier alpha value is -8.71. The minimum absolute atomic E-state index is 0.233. The van der Waals surface area contributed by atoms with Crippen molar-refractivity contribution in [3.63, 3.8) is 0 Å². The lowest BCUT2D eigenvalue weighted by Crippen LogP contribution is -2.30. The molecule has 1 aliphatic heterocycles. The van der Waals surface area contributed by atoms with E-state index in [-0.39, 0.29) is 5.41 Å². The molecular weight excluding hydrogens is 871 g/mol. The van der Waals surface area contributed by atoms with Gasteiger partial charge in [0.2, 0.25) is 5.95 Å². The SMILES string of the molecule is CC1(C)c2ccccc2N(c2ccccc2)c2ccc(-c3ccc4c(c3)c3ccc5nc(-c6ccccc6)sc5c3n4-c3nc(-c4ccc(-c5cccc6ccccc56)cc4)c4ccccc4n3)cc21. The number of para-hydroxylation sites is 3. The van der Waals surface area contributed by atoms with Crippen LogP contribution in [0.4, 0.5) is 17.1 Å². The zero-order chi connectivity index (χ0) is 46.5. The Morgan fingerprint density at radius 1 is 0.429 bits per heavy atom. The molecule has 0 N–H and O–H groups in total. The lowest BCUT2D eigenvalue weighted by molar-refractivity contribution is 0.632. The molecule has 0 spiro atoms. The number of rotatable bonds is 6. The predicted molar refractivity (Wildman–Crippen MR) is 293 cm³/mol. The van der Waals surface area contributed by atoms with Gasteiger partial charge in [-0.05, 0) is 105 Å². The fourth-order valence-electron chi connectivity index (χ4n) is 11.0. The van der Waals surface area contributed by atoms with Crippen LogP contribution in [0.3, 0.4) is 0 Å². The highest BCUT2D eigenvalue weighted by Gasteiger charge is 2.37. The van der Waals surface area contributed by atoms with Crippen molar-refractivity contribution in [1.29, 1.82) is 0 Å². The van der Waals surface area contributed by atoms with Gasteiger partial charge < -0.3 is 4.90 Å². The second-order valence-electron chi connectivity index (χ2n) is 18.8. The topological polar surface area (TPSA) is 46.8 Å². The normalized spacial score (nSPS) is 13.1. The highest BCUT2D eigenvalue weighted by molar-refractivity contribution is 7.22. The summed E-state index contributed by atoms with van der Waals surface area (Å²) in [5.41, 5.74) is 17.6. The van der Waals surface area contributed by atoms with Crippen LogP contribution in [0, 0.1) is 0 Å². The van der Waals surface area contributed by atoms with Crippen LogP contribution in [0.15, 0.2) is 224 Å². The summed E-state index contributed by atoms with van der Waals surface area (Å²) < 4.78 is 3.39. The maximum atomic E-state index is 5.56. The fourth-order valence-corrected chi connectivity index (χ4v) is 12.1. The molecule has 0 saturated heterocycles. The van der Waals surface area contributed by atoms with E-state index in [1.165, 1.54) is 50.0 Å². The van der Waals surface area contributed by atoms with E-state index in [2.05, 4.69) is 248 Å². The average molecular weight is 914 g/mol. The van der Waals surface area contributed by atoms with Gasteiger partial charge in [-0.3, -0.25) is 4.57 Å². The molecule has 0 radical (unpaired) electrons. The van der Waals surface area contributed by atoms with Crippen LogP contribution in [-0.4, -0.2) is 19.5 Å². The summed E-state index contributed by atoms with van der Waals surface area (Å²) in [5, 5.41) is 6.72. The second kappa shape index (κ2) is 15.7. The Kier molecular flexibility index (Phi) is 9.04. The van der Waals surface area contributed by atoms with Crippen molar-refractivity contribution in [2.45, 2.75) is 19.3 Å². The van der Waals surface area contributed by atoms with Crippen LogP contribution in [0.1, 0.15) is 25.0 Å². The van der Waals surface area contributed by atoms with Crippen LogP contribution in [-0.2, 0) is 5.41 Å². The summed E-state index contributed by atoms with van der Waals surface area (Å²) in [6.07, 6.45) is 0. The Balaban J connectivity index is 0.968. The van der Waals surface area contributed by atoms with Crippen molar-refractivity contribution >= 4 is 82.1 Å². The monoisotopic (exact) mass is 913 g/mol. The van der Waals surface area contributed by atoms with Crippen molar-refractivity contribution < 1.29 is 0 Å². The Morgan fingerprint density at radius 3 is 1.96 bits per heavy atom. The smallest absolute Gasteiger partial charge is 0.235 e. The number of nitrogens with zero attached hydrogens (tertiary/aromatic N) is 5. The van der Waals surface area contributed by atoms with Crippen LogP contribution < -0.4 is 4.90 Å². The molecule has 0 saturated carbocycles. The second-order valence-corrected chi connectivity index (χ2v) is 19.8. The third-order valence-corrected chi connectivity index (χ3v) is 15.6. The number of hydrogen-bond acceptors (Lipinski definition) is 5. The highest BCUT2D eigenvalue weighted by atomic mass is 32.1. The largest absolute Gasteiger partial charge is 0.310 e. The quantitative estimate of drug-likeness (QED) is 0.167. The molecule has 0 fully saturated rings. The van der Waals surface area contributed by atoms with Gasteiger partial charge in [0.15, 0.2) is 0 Å². The number of hydrogen-bond donors (Lipinski definition) is 0. The fraction of sp³-hybridized carbons (Fsp3) is 0.0469. The van der Waals surface area contributed by atoms with E-state index >= 15 is 0 Å². The molecule has 0 bridgehead atoms. The molecule has 330 valence electrons. The molecule has 0 aliphatic carbocycles. The predicted octanol–water partition coefficient (Wildman–Crippen LogP) is 17.3. The first-order valence-electron chi connectivity index (χ1n) is 23.8. The van der Waals surface area contributed by atoms with Gasteiger partial charge in [0.25, 0.3) is 0 Å². The molecule has 10 aromatic carbocycles. The molecule has 70 heavy (non-hydrogen) atoms. The van der Waals surface area contributed by atoms with E-state index in [4.69, 9.17) is 15.0 Å². The van der Waals surface area contributed by atoms with E-state index in [1.807, 2.05) is 0 Å². The molecule has 0 amide bonds. The highest BCUT2D eigenvalue weighted by Crippen LogP contribution is 2.53. The van der Waals surface area contributed by atoms with Gasteiger partial charge in [-0.2, -0.15) is 0 Å². The first-order chi connectivity index (χ1) is 34.5. The number of anilines is 3. The van der Waals surface area contributed by atoms with Crippen LogP contribution >= 0.6 is 11.3 Å². The van der Waals surface area contributed by atoms with Gasteiger partial charge in [-0.15, -0.1) is 11.3 Å². The lowest BCUT2D eigenvalue weighted by atomic mass is 9.73. The summed E-state index contributed by atoms with van der Waals surface area (Å²) in [6, 6.07) is 80.7. The van der Waals surface area contributed by atoms with Crippen LogP contribution in [0.25, 0.3) is 104 Å². The Morgan fingerprint density at radius 2 is 1.10 bits per heavy atom. The third kappa shape index (κ3) is 6.27. The van der Waals surface area contributed by atoms with Gasteiger partial charge in [0, 0.05) is 38.4 Å². The van der Waals surface area contributed by atoms with Gasteiger partial charge in [-0.25, -0.2) is 15.0 Å². The zero-order valence-electron chi connectivity index (χ0n) is 38.5. The number of fused-ring (bicyclic) bond motifs is 9. The molecule has 1 aliphatic rings. The Bertz CT molecular complexity index is 4200. The summed E-state index contributed by atoms with van der Waals surface area (Å²) in [7, 11) is 0. The van der Waals surface area contributed by atoms with Crippen molar-refractivity contribution in [3.05, 3.63) is 236 Å². The zero-order valence-corrected chi connectivity index (χ0v) is 39.3. The summed E-state index contributed by atoms with van der Waals surface area (Å²) in [6.45, 7) is 4.71. The number of aromatic nitrogens is 4. The summed E-state index contributed by atoms with van der Waals surface area (Å²) in [4.78, 5) is 18.6. The van der Waals surface area contributed by atoms with Crippen molar-refractivity contribution in [1.82, 2.24) is 19.5 Å². The molecule has 4 heterocycles. The van der Waals surface area contributed by atoms with Crippen molar-refractivity contribution in [3.8, 4) is 50.0 Å². The van der Waals surface area contributed by atoms with Crippen LogP contribution in [0.5, 0.6) is 0 Å². The van der Waals surface area contributed by atoms with Crippen molar-refractivity contribution in [2.24, 2.45) is 0 Å². The van der Waals surface area contributed by atoms with E-state index in [0.29, 0.717) is 5.95 Å². The number of thiazole rings is 1. The maximum absolute atomic E-state index is 5.56. The molecule has 0 atom stereocenters. The molecule has 6 heteroatoms. The summed E-state index contributed by atoms with van der Waals surface area (Å²) in [5.74, 6) is 0.622. The molecule has 14 rings (SSSR count). The first-order valence-corrected chi connectivity index (χ1v) is 24.7. The standard InChI is InChI=1S/C64H43N5S/c1-64(2)52-25-12-14-27-57(52)68(46-20-7-4-8-21-46)58-37-33-45(39-53(58)64)44-32-36-56-51(38-44)49-34-35-55-61(70-62(65-55)43-17-5-3-6-18-43)60(49)69(56)63-66-54-26-13-11-23-50(54)59(67-63)42-30-28-41(29-31-42)48-24-15-19-40-16-9-10-22-47(40)48/h3-39H,1-2H3. The van der Waals surface area contributed by atoms with E-state index in [1.54, 1.807) is 11.3 Å². The molecule has 5 nitrogen and oxygen atoms in total. The van der Waals surface area contributed by atoms with Gasteiger partial charge in [-0.1, -0.05) is 178 Å². The van der Waals surface area contributed by atoms with Gasteiger partial charge in [0.05, 0.1) is 43.8 Å². The van der Waals surface area contributed by atoms with E-state index < -0.39 is 0 Å². The lowest BCUT2D eigenvalue weighted by Gasteiger charge is -2.42. The van der Waals surface area contributed by atoms with Crippen LogP contribution in [0.2, 0.25) is 0 Å². The van der Waals surface area contributed by atoms with E-state index in [0.717, 1.165) is 76.0 Å². The Labute approximate surface area is 409 Å². The molecule has 3 aromatic heterocycles. The third-order valence-electron chi connectivity index (χ3n) is 14.4. The minimum Gasteiger partial charge on any atom is -0.310 e. The summed E-state index contributed by atoms with van der Waals surface area (Å²) >= 11 is 1.72. The van der Waals surface area contributed by atoms with Gasteiger partial charge in [0.1, 0.15) is 5.01 Å². The molecular formula is C64H43N5S. The number of benzene rings is 10.